The molecule has 33 heavy (non-hydrogen) atoms. The summed E-state index contributed by atoms with van der Waals surface area (Å²) in [6.07, 6.45) is -9.25. The average molecular weight is 482 g/mol. The van der Waals surface area contributed by atoms with Gasteiger partial charge in [0.1, 0.15) is 11.9 Å². The SMILES string of the molecule is COC1c2c(c(=O)[nH]c(=O)n2C2CC2)C(C(F)F)=C(F)C1N1CC(CN)C(CC(F)(F)F)C1. The van der Waals surface area contributed by atoms with Crippen LogP contribution in [0.25, 0.3) is 5.57 Å². The van der Waals surface area contributed by atoms with Gasteiger partial charge in [0.05, 0.1) is 22.9 Å². The van der Waals surface area contributed by atoms with Gasteiger partial charge in [-0.2, -0.15) is 13.2 Å². The number of hydrogen-bond acceptors (Lipinski definition) is 5. The number of fused-ring (bicyclic) bond motifs is 1. The minimum absolute atomic E-state index is 0.0715. The fraction of sp³-hybridized carbons (Fsp3) is 0.700. The Kier molecular flexibility index (Phi) is 6.25. The van der Waals surface area contributed by atoms with Gasteiger partial charge in [-0.05, 0) is 31.2 Å². The van der Waals surface area contributed by atoms with Crippen molar-refractivity contribution in [2.45, 2.75) is 50.1 Å². The second-order valence-electron chi connectivity index (χ2n) is 8.81. The molecule has 4 unspecified atom stereocenters. The van der Waals surface area contributed by atoms with E-state index in [9.17, 15) is 31.5 Å². The zero-order valence-electron chi connectivity index (χ0n) is 17.7. The molecule has 13 heteroatoms. The molecule has 3 aliphatic rings. The van der Waals surface area contributed by atoms with Crippen LogP contribution in [-0.2, 0) is 4.74 Å². The highest BCUT2D eigenvalue weighted by molar-refractivity contribution is 5.74. The van der Waals surface area contributed by atoms with Crippen molar-refractivity contribution >= 4 is 5.57 Å². The molecule has 3 N–H and O–H groups in total. The molecule has 0 amide bonds. The van der Waals surface area contributed by atoms with Crippen LogP contribution in [-0.4, -0.2) is 59.8 Å². The first-order chi connectivity index (χ1) is 15.5. The molecule has 1 saturated carbocycles. The molecule has 1 aliphatic heterocycles. The molecular formula is C20H24F6N4O3. The van der Waals surface area contributed by atoms with Crippen LogP contribution >= 0.6 is 0 Å². The van der Waals surface area contributed by atoms with Crippen LogP contribution in [0.5, 0.6) is 0 Å². The van der Waals surface area contributed by atoms with Crippen molar-refractivity contribution in [3.8, 4) is 0 Å². The summed E-state index contributed by atoms with van der Waals surface area (Å²) in [6, 6.07) is -1.89. The number of allylic oxidation sites excluding steroid dienone is 1. The maximum atomic E-state index is 15.6. The van der Waals surface area contributed by atoms with Crippen molar-refractivity contribution in [2.75, 3.05) is 26.7 Å². The highest BCUT2D eigenvalue weighted by atomic mass is 19.4. The van der Waals surface area contributed by atoms with E-state index in [-0.39, 0.29) is 31.4 Å². The van der Waals surface area contributed by atoms with E-state index in [0.29, 0.717) is 12.8 Å². The van der Waals surface area contributed by atoms with Crippen LogP contribution in [0.2, 0.25) is 0 Å². The summed E-state index contributed by atoms with van der Waals surface area (Å²) >= 11 is 0. The summed E-state index contributed by atoms with van der Waals surface area (Å²) in [4.78, 5) is 28.4. The summed E-state index contributed by atoms with van der Waals surface area (Å²) in [5.41, 5.74) is 1.69. The molecule has 0 aromatic carbocycles. The summed E-state index contributed by atoms with van der Waals surface area (Å²) in [5, 5.41) is 0. The van der Waals surface area contributed by atoms with E-state index in [1.54, 1.807) is 0 Å². The van der Waals surface area contributed by atoms with Crippen molar-refractivity contribution in [1.82, 2.24) is 14.5 Å². The molecule has 0 bridgehead atoms. The van der Waals surface area contributed by atoms with Gasteiger partial charge in [0.2, 0.25) is 0 Å². The van der Waals surface area contributed by atoms with Crippen LogP contribution in [0.15, 0.2) is 15.4 Å². The molecule has 4 atom stereocenters. The number of nitrogens with zero attached hydrogens (tertiary/aromatic N) is 2. The molecule has 1 aromatic heterocycles. The van der Waals surface area contributed by atoms with Gasteiger partial charge < -0.3 is 10.5 Å². The molecule has 1 saturated heterocycles. The van der Waals surface area contributed by atoms with Gasteiger partial charge in [0.15, 0.2) is 0 Å². The van der Waals surface area contributed by atoms with E-state index in [1.807, 2.05) is 4.98 Å². The second kappa shape index (κ2) is 8.58. The lowest BCUT2D eigenvalue weighted by Gasteiger charge is -2.38. The van der Waals surface area contributed by atoms with Gasteiger partial charge >= 0.3 is 11.9 Å². The zero-order chi connectivity index (χ0) is 24.2. The Balaban J connectivity index is 1.86. The van der Waals surface area contributed by atoms with E-state index in [0.717, 1.165) is 4.57 Å². The number of hydrogen-bond donors (Lipinski definition) is 2. The smallest absolute Gasteiger partial charge is 0.373 e. The number of halogens is 6. The van der Waals surface area contributed by atoms with Crippen LogP contribution in [0.4, 0.5) is 26.3 Å². The number of nitrogens with two attached hydrogens (primary N) is 1. The first-order valence-corrected chi connectivity index (χ1v) is 10.6. The Labute approximate surface area is 184 Å². The van der Waals surface area contributed by atoms with Gasteiger partial charge in [-0.1, -0.05) is 0 Å². The van der Waals surface area contributed by atoms with Gasteiger partial charge in [-0.3, -0.25) is 19.2 Å². The molecule has 2 aliphatic carbocycles. The first-order valence-electron chi connectivity index (χ1n) is 10.6. The Hall–Kier alpha value is -2.12. The van der Waals surface area contributed by atoms with Gasteiger partial charge in [-0.15, -0.1) is 0 Å². The lowest BCUT2D eigenvalue weighted by Crippen LogP contribution is -2.48. The maximum Gasteiger partial charge on any atom is 0.389 e. The monoisotopic (exact) mass is 482 g/mol. The van der Waals surface area contributed by atoms with Crippen molar-refractivity contribution in [3.63, 3.8) is 0 Å². The summed E-state index contributed by atoms with van der Waals surface area (Å²) in [7, 11) is 1.18. The van der Waals surface area contributed by atoms with Crippen molar-refractivity contribution in [3.05, 3.63) is 37.9 Å². The predicted octanol–water partition coefficient (Wildman–Crippen LogP) is 2.35. The summed E-state index contributed by atoms with van der Waals surface area (Å²) in [5.74, 6) is -2.95. The fourth-order valence-corrected chi connectivity index (χ4v) is 5.17. The number of likely N-dealkylation sites (tertiary alicyclic amines) is 1. The van der Waals surface area contributed by atoms with Crippen molar-refractivity contribution in [1.29, 1.82) is 0 Å². The standard InChI is InChI=1S/C20H24F6N4O3/c1-33-16-14-12(18(31)28-19(32)30(14)10-2-3-10)11(17(22)23)13(21)15(16)29-6-8(4-20(24,25)26)9(5-27)7-29/h8-10,15-17H,2-7,27H2,1H3,(H,28,31,32). The largest absolute Gasteiger partial charge is 0.389 e. The van der Waals surface area contributed by atoms with E-state index in [2.05, 4.69) is 0 Å². The third-order valence-corrected chi connectivity index (χ3v) is 6.70. The molecule has 2 fully saturated rings. The Morgan fingerprint density at radius 1 is 1.18 bits per heavy atom. The molecule has 1 aromatic rings. The van der Waals surface area contributed by atoms with Crippen molar-refractivity contribution in [2.24, 2.45) is 17.6 Å². The molecule has 0 spiro atoms. The Morgan fingerprint density at radius 3 is 2.33 bits per heavy atom. The van der Waals surface area contributed by atoms with Crippen LogP contribution in [0.3, 0.4) is 0 Å². The van der Waals surface area contributed by atoms with Gasteiger partial charge in [0, 0.05) is 32.7 Å². The quantitative estimate of drug-likeness (QED) is 0.608. The van der Waals surface area contributed by atoms with Gasteiger partial charge in [-0.25, -0.2) is 18.0 Å². The normalized spacial score (nSPS) is 28.6. The summed E-state index contributed by atoms with van der Waals surface area (Å²) < 4.78 is 89.5. The zero-order valence-corrected chi connectivity index (χ0v) is 17.7. The lowest BCUT2D eigenvalue weighted by atomic mass is 9.87. The molecule has 184 valence electrons. The Morgan fingerprint density at radius 2 is 1.82 bits per heavy atom. The number of rotatable bonds is 6. The fourth-order valence-electron chi connectivity index (χ4n) is 5.17. The van der Waals surface area contributed by atoms with Crippen molar-refractivity contribution < 1.29 is 31.1 Å². The van der Waals surface area contributed by atoms with Crippen LogP contribution in [0.1, 0.15) is 42.7 Å². The third-order valence-electron chi connectivity index (χ3n) is 6.70. The van der Waals surface area contributed by atoms with E-state index >= 15 is 4.39 Å². The van der Waals surface area contributed by atoms with E-state index < -0.39 is 71.2 Å². The first kappa shape index (κ1) is 24.0. The maximum absolute atomic E-state index is 15.6. The Bertz CT molecular complexity index is 1060. The molecule has 2 heterocycles. The topological polar surface area (TPSA) is 93.3 Å². The average Bonchev–Trinajstić information content (AvgIpc) is 3.46. The second-order valence-corrected chi connectivity index (χ2v) is 8.81. The van der Waals surface area contributed by atoms with Gasteiger partial charge in [0.25, 0.3) is 12.0 Å². The number of nitrogens with one attached hydrogen (secondary N) is 1. The molecule has 0 radical (unpaired) electrons. The van der Waals surface area contributed by atoms with E-state index in [1.165, 1.54) is 12.0 Å². The number of H-pyrrole nitrogens is 1. The molecule has 4 rings (SSSR count). The summed E-state index contributed by atoms with van der Waals surface area (Å²) in [6.45, 7) is -0.419. The third kappa shape index (κ3) is 4.26. The lowest BCUT2D eigenvalue weighted by molar-refractivity contribution is -0.146. The number of aromatic amines is 1. The van der Waals surface area contributed by atoms with Crippen LogP contribution in [0, 0.1) is 11.8 Å². The minimum atomic E-state index is -4.48. The molecule has 7 nitrogen and oxygen atoms in total. The predicted molar refractivity (Wildman–Crippen MR) is 105 cm³/mol. The highest BCUT2D eigenvalue weighted by Crippen LogP contribution is 2.47. The van der Waals surface area contributed by atoms with Crippen LogP contribution < -0.4 is 17.0 Å². The number of ether oxygens (including phenoxy) is 1. The van der Waals surface area contributed by atoms with E-state index in [4.69, 9.17) is 10.5 Å². The minimum Gasteiger partial charge on any atom is -0.373 e. The number of aromatic nitrogens is 2. The highest BCUT2D eigenvalue weighted by Gasteiger charge is 2.50. The number of alkyl halides is 5. The number of methoxy groups -OCH3 is 1. The molecular weight excluding hydrogens is 458 g/mol.